The van der Waals surface area contributed by atoms with Gasteiger partial charge in [-0.05, 0) is 24.5 Å². The number of rotatable bonds is 8. The van der Waals surface area contributed by atoms with Crippen molar-refractivity contribution in [1.82, 2.24) is 9.80 Å². The molecule has 0 aliphatic rings. The van der Waals surface area contributed by atoms with E-state index < -0.39 is 21.5 Å². The minimum absolute atomic E-state index is 0.117. The minimum atomic E-state index is -3.51. The number of nitrogens with zero attached hydrogens (tertiary/aromatic N) is 2. The van der Waals surface area contributed by atoms with Gasteiger partial charge in [-0.3, -0.25) is 9.59 Å². The fraction of sp³-hybridized carbons (Fsp3) is 0.529. The van der Waals surface area contributed by atoms with Gasteiger partial charge in [0.15, 0.2) is 9.84 Å². The van der Waals surface area contributed by atoms with Crippen LogP contribution in [0.4, 0.5) is 0 Å². The van der Waals surface area contributed by atoms with E-state index in [9.17, 15) is 18.0 Å². The molecule has 0 saturated heterocycles. The van der Waals surface area contributed by atoms with E-state index in [2.05, 4.69) is 0 Å². The van der Waals surface area contributed by atoms with Crippen molar-refractivity contribution in [3.05, 3.63) is 35.4 Å². The second kappa shape index (κ2) is 8.82. The zero-order valence-electron chi connectivity index (χ0n) is 14.8. The molecule has 1 aromatic carbocycles. The summed E-state index contributed by atoms with van der Waals surface area (Å²) in [6.45, 7) is 2.33. The van der Waals surface area contributed by atoms with Gasteiger partial charge in [-0.1, -0.05) is 24.3 Å². The lowest BCUT2D eigenvalue weighted by atomic mass is 10.1. The van der Waals surface area contributed by atoms with E-state index >= 15 is 0 Å². The summed E-state index contributed by atoms with van der Waals surface area (Å²) in [5, 5.41) is 0. The highest BCUT2D eigenvalue weighted by Gasteiger charge is 2.20. The molecule has 7 heteroatoms. The molecule has 0 atom stereocenters. The van der Waals surface area contributed by atoms with Crippen LogP contribution in [0.3, 0.4) is 0 Å². The highest BCUT2D eigenvalue weighted by molar-refractivity contribution is 7.92. The van der Waals surface area contributed by atoms with Crippen molar-refractivity contribution in [3.8, 4) is 0 Å². The summed E-state index contributed by atoms with van der Waals surface area (Å²) in [4.78, 5) is 26.4. The first kappa shape index (κ1) is 20.2. The third-order valence-corrected chi connectivity index (χ3v) is 5.38. The molecule has 0 saturated carbocycles. The fourth-order valence-corrected chi connectivity index (χ4v) is 3.49. The Morgan fingerprint density at radius 3 is 2.25 bits per heavy atom. The third-order valence-electron chi connectivity index (χ3n) is 3.78. The summed E-state index contributed by atoms with van der Waals surface area (Å²) in [5.41, 5.74) is 2.05. The average Bonchev–Trinajstić information content (AvgIpc) is 2.48. The number of carbonyl (C=O) groups excluding carboxylic acids is 2. The van der Waals surface area contributed by atoms with Gasteiger partial charge >= 0.3 is 0 Å². The molecular weight excluding hydrogens is 328 g/mol. The number of hydrogen-bond acceptors (Lipinski definition) is 4. The minimum Gasteiger partial charge on any atom is -0.349 e. The van der Waals surface area contributed by atoms with Gasteiger partial charge in [0, 0.05) is 34.1 Å². The van der Waals surface area contributed by atoms with Crippen LogP contribution in [0.15, 0.2) is 24.3 Å². The maximum absolute atomic E-state index is 12.2. The normalized spacial score (nSPS) is 11.2. The first-order valence-corrected chi connectivity index (χ1v) is 9.63. The molecule has 0 aromatic heterocycles. The molecule has 1 rings (SSSR count). The average molecular weight is 354 g/mol. The summed E-state index contributed by atoms with van der Waals surface area (Å²) in [6.07, 6.45) is 0.396. The van der Waals surface area contributed by atoms with Crippen LogP contribution >= 0.6 is 0 Å². The van der Waals surface area contributed by atoms with Crippen LogP contribution in [0.25, 0.3) is 0 Å². The summed E-state index contributed by atoms with van der Waals surface area (Å²) < 4.78 is 24.1. The second-order valence-corrected chi connectivity index (χ2v) is 8.34. The Balaban J connectivity index is 2.53. The molecule has 6 nitrogen and oxygen atoms in total. The predicted molar refractivity (Wildman–Crippen MR) is 94.2 cm³/mol. The molecule has 0 N–H and O–H groups in total. The monoisotopic (exact) mass is 354 g/mol. The predicted octanol–water partition coefficient (Wildman–Crippen LogP) is 1.24. The quantitative estimate of drug-likeness (QED) is 0.704. The molecule has 24 heavy (non-hydrogen) atoms. The van der Waals surface area contributed by atoms with Crippen molar-refractivity contribution in [3.63, 3.8) is 0 Å². The molecule has 0 radical (unpaired) electrons. The van der Waals surface area contributed by atoms with Crippen LogP contribution < -0.4 is 0 Å². The summed E-state index contributed by atoms with van der Waals surface area (Å²) in [6, 6.07) is 7.67. The maximum Gasteiger partial charge on any atom is 0.237 e. The van der Waals surface area contributed by atoms with Crippen molar-refractivity contribution >= 4 is 21.7 Å². The van der Waals surface area contributed by atoms with Crippen molar-refractivity contribution < 1.29 is 18.0 Å². The second-order valence-electron chi connectivity index (χ2n) is 6.16. The van der Waals surface area contributed by atoms with Crippen LogP contribution in [-0.2, 0) is 26.0 Å². The molecular formula is C17H26N2O4S. The maximum atomic E-state index is 12.2. The molecule has 0 spiro atoms. The molecule has 0 heterocycles. The molecule has 134 valence electrons. The van der Waals surface area contributed by atoms with Gasteiger partial charge in [0.2, 0.25) is 11.8 Å². The van der Waals surface area contributed by atoms with Crippen molar-refractivity contribution in [2.75, 3.05) is 32.6 Å². The first-order chi connectivity index (χ1) is 11.1. The molecule has 0 aliphatic carbocycles. The molecule has 1 aromatic rings. The topological polar surface area (TPSA) is 74.8 Å². The van der Waals surface area contributed by atoms with E-state index in [0.29, 0.717) is 6.54 Å². The van der Waals surface area contributed by atoms with Crippen molar-refractivity contribution in [2.45, 2.75) is 26.3 Å². The lowest BCUT2D eigenvalue weighted by Crippen LogP contribution is -2.33. The van der Waals surface area contributed by atoms with Gasteiger partial charge in [0.25, 0.3) is 0 Å². The Kier molecular flexibility index (Phi) is 7.41. The number of benzene rings is 1. The summed E-state index contributed by atoms with van der Waals surface area (Å²) in [7, 11) is 1.34. The molecule has 0 unspecified atom stereocenters. The lowest BCUT2D eigenvalue weighted by molar-refractivity contribution is -0.129. The highest BCUT2D eigenvalue weighted by Crippen LogP contribution is 2.10. The van der Waals surface area contributed by atoms with Crippen molar-refractivity contribution in [2.24, 2.45) is 0 Å². The van der Waals surface area contributed by atoms with Crippen LogP contribution in [0.1, 0.15) is 24.0 Å². The fourth-order valence-electron chi connectivity index (χ4n) is 2.17. The third kappa shape index (κ3) is 6.70. The van der Waals surface area contributed by atoms with E-state index in [1.54, 1.807) is 21.1 Å². The Morgan fingerprint density at radius 1 is 1.04 bits per heavy atom. The largest absolute Gasteiger partial charge is 0.349 e. The van der Waals surface area contributed by atoms with E-state index in [1.165, 1.54) is 9.80 Å². The zero-order valence-corrected chi connectivity index (χ0v) is 15.6. The molecule has 2 amide bonds. The van der Waals surface area contributed by atoms with Crippen LogP contribution in [0, 0.1) is 6.92 Å². The Morgan fingerprint density at radius 2 is 1.67 bits per heavy atom. The van der Waals surface area contributed by atoms with Gasteiger partial charge in [-0.25, -0.2) is 8.42 Å². The Bertz CT molecular complexity index is 684. The van der Waals surface area contributed by atoms with Gasteiger partial charge < -0.3 is 9.80 Å². The van der Waals surface area contributed by atoms with E-state index in [-0.39, 0.29) is 24.5 Å². The van der Waals surface area contributed by atoms with E-state index in [1.807, 2.05) is 31.2 Å². The lowest BCUT2D eigenvalue weighted by Gasteiger charge is -2.18. The first-order valence-electron chi connectivity index (χ1n) is 7.81. The molecule has 0 bridgehead atoms. The Hall–Kier alpha value is -1.89. The summed E-state index contributed by atoms with van der Waals surface area (Å²) in [5.74, 6) is -1.23. The smallest absolute Gasteiger partial charge is 0.237 e. The number of sulfone groups is 1. The SMILES string of the molecule is Cc1ccccc1CN(C)C(=O)CS(=O)(=O)CCCC(=O)N(C)C. The van der Waals surface area contributed by atoms with Gasteiger partial charge in [0.1, 0.15) is 5.75 Å². The number of amides is 2. The van der Waals surface area contributed by atoms with Gasteiger partial charge in [-0.15, -0.1) is 0 Å². The van der Waals surface area contributed by atoms with E-state index in [4.69, 9.17) is 0 Å². The Labute approximate surface area is 144 Å². The van der Waals surface area contributed by atoms with Crippen molar-refractivity contribution in [1.29, 1.82) is 0 Å². The standard InChI is InChI=1S/C17H26N2O4S/c1-14-8-5-6-9-15(14)12-19(4)17(21)13-24(22,23)11-7-10-16(20)18(2)3/h5-6,8-9H,7,10-13H2,1-4H3. The molecule has 0 fully saturated rings. The number of hydrogen-bond donors (Lipinski definition) is 0. The zero-order chi connectivity index (χ0) is 18.3. The van der Waals surface area contributed by atoms with E-state index in [0.717, 1.165) is 11.1 Å². The molecule has 0 aliphatic heterocycles. The summed E-state index contributed by atoms with van der Waals surface area (Å²) >= 11 is 0. The van der Waals surface area contributed by atoms with Gasteiger partial charge in [0.05, 0.1) is 5.75 Å². The highest BCUT2D eigenvalue weighted by atomic mass is 32.2. The van der Waals surface area contributed by atoms with Crippen LogP contribution in [0.5, 0.6) is 0 Å². The number of carbonyl (C=O) groups is 2. The number of aryl methyl sites for hydroxylation is 1. The van der Waals surface area contributed by atoms with Gasteiger partial charge in [-0.2, -0.15) is 0 Å². The van der Waals surface area contributed by atoms with Crippen LogP contribution in [0.2, 0.25) is 0 Å². The van der Waals surface area contributed by atoms with Crippen LogP contribution in [-0.4, -0.2) is 62.7 Å².